The van der Waals surface area contributed by atoms with Crippen molar-refractivity contribution in [1.29, 1.82) is 0 Å². The summed E-state index contributed by atoms with van der Waals surface area (Å²) >= 11 is 0. The summed E-state index contributed by atoms with van der Waals surface area (Å²) in [5.41, 5.74) is 3.28. The van der Waals surface area contributed by atoms with Gasteiger partial charge in [-0.3, -0.25) is 4.79 Å². The van der Waals surface area contributed by atoms with Gasteiger partial charge in [0.05, 0.1) is 12.7 Å². The van der Waals surface area contributed by atoms with Gasteiger partial charge in [0.1, 0.15) is 5.75 Å². The summed E-state index contributed by atoms with van der Waals surface area (Å²) in [5.74, 6) is 0.157. The van der Waals surface area contributed by atoms with Crippen molar-refractivity contribution in [2.24, 2.45) is 0 Å². The van der Waals surface area contributed by atoms with Gasteiger partial charge in [0.15, 0.2) is 6.61 Å². The fourth-order valence-electron chi connectivity index (χ4n) is 2.84. The molecular formula is C22H27NO4. The molecule has 1 amide bonds. The highest BCUT2D eigenvalue weighted by Crippen LogP contribution is 2.32. The molecule has 0 atom stereocenters. The van der Waals surface area contributed by atoms with Gasteiger partial charge < -0.3 is 14.8 Å². The number of anilines is 1. The van der Waals surface area contributed by atoms with Crippen LogP contribution in [0.4, 0.5) is 5.69 Å². The summed E-state index contributed by atoms with van der Waals surface area (Å²) in [6.45, 7) is 7.98. The Bertz CT molecular complexity index is 785. The maximum atomic E-state index is 12.4. The van der Waals surface area contributed by atoms with Gasteiger partial charge in [-0.25, -0.2) is 4.79 Å². The highest BCUT2D eigenvalue weighted by Gasteiger charge is 2.17. The van der Waals surface area contributed by atoms with E-state index in [0.29, 0.717) is 11.3 Å². The normalized spacial score (nSPS) is 10.8. The summed E-state index contributed by atoms with van der Waals surface area (Å²) in [6.07, 6.45) is 0. The molecule has 0 aliphatic heterocycles. The number of para-hydroxylation sites is 1. The number of hydrogen-bond donors (Lipinski definition) is 1. The lowest BCUT2D eigenvalue weighted by atomic mass is 9.92. The standard InChI is InChI=1S/C22H27NO4/c1-14(2)18-10-7-11-19(15(3)4)21(18)23-20(24)13-27-22(25)16-8-6-9-17(12-16)26-5/h6-12,14-15H,13H2,1-5H3,(H,23,24). The molecule has 27 heavy (non-hydrogen) atoms. The van der Waals surface area contributed by atoms with E-state index in [1.165, 1.54) is 7.11 Å². The smallest absolute Gasteiger partial charge is 0.338 e. The highest BCUT2D eigenvalue weighted by molar-refractivity contribution is 5.96. The van der Waals surface area contributed by atoms with Gasteiger partial charge in [-0.15, -0.1) is 0 Å². The van der Waals surface area contributed by atoms with E-state index in [1.54, 1.807) is 24.3 Å². The molecule has 2 aromatic carbocycles. The SMILES string of the molecule is COc1cccc(C(=O)OCC(=O)Nc2c(C(C)C)cccc2C(C)C)c1. The van der Waals surface area contributed by atoms with E-state index >= 15 is 0 Å². The van der Waals surface area contributed by atoms with Gasteiger partial charge in [-0.05, 0) is 41.2 Å². The van der Waals surface area contributed by atoms with E-state index in [-0.39, 0.29) is 24.3 Å². The van der Waals surface area contributed by atoms with Crippen LogP contribution in [0.3, 0.4) is 0 Å². The van der Waals surface area contributed by atoms with Gasteiger partial charge in [-0.2, -0.15) is 0 Å². The number of methoxy groups -OCH3 is 1. The van der Waals surface area contributed by atoms with Gasteiger partial charge >= 0.3 is 5.97 Å². The molecule has 2 aromatic rings. The molecule has 0 saturated heterocycles. The van der Waals surface area contributed by atoms with Crippen molar-refractivity contribution in [3.8, 4) is 5.75 Å². The Morgan fingerprint density at radius 1 is 0.963 bits per heavy atom. The van der Waals surface area contributed by atoms with Crippen LogP contribution in [-0.4, -0.2) is 25.6 Å². The summed E-state index contributed by atoms with van der Waals surface area (Å²) in [4.78, 5) is 24.6. The predicted molar refractivity (Wildman–Crippen MR) is 107 cm³/mol. The zero-order chi connectivity index (χ0) is 20.0. The number of carbonyl (C=O) groups excluding carboxylic acids is 2. The number of benzene rings is 2. The van der Waals surface area contributed by atoms with E-state index in [2.05, 4.69) is 33.0 Å². The Morgan fingerprint density at radius 3 is 2.11 bits per heavy atom. The molecule has 0 aliphatic carbocycles. The number of ether oxygens (including phenoxy) is 2. The second-order valence-electron chi connectivity index (χ2n) is 6.98. The van der Waals surface area contributed by atoms with Crippen molar-refractivity contribution in [2.45, 2.75) is 39.5 Å². The predicted octanol–water partition coefficient (Wildman–Crippen LogP) is 4.74. The van der Waals surface area contributed by atoms with Crippen molar-refractivity contribution < 1.29 is 19.1 Å². The Kier molecular flexibility index (Phi) is 6.99. The first-order valence-corrected chi connectivity index (χ1v) is 9.07. The molecule has 2 rings (SSSR count). The number of nitrogens with one attached hydrogen (secondary N) is 1. The van der Waals surface area contributed by atoms with E-state index in [9.17, 15) is 9.59 Å². The number of rotatable bonds is 7. The third kappa shape index (κ3) is 5.33. The molecule has 0 spiro atoms. The summed E-state index contributed by atoms with van der Waals surface area (Å²) < 4.78 is 10.2. The Balaban J connectivity index is 2.08. The van der Waals surface area contributed by atoms with Gasteiger partial charge in [0.25, 0.3) is 5.91 Å². The van der Waals surface area contributed by atoms with Crippen molar-refractivity contribution >= 4 is 17.6 Å². The first-order valence-electron chi connectivity index (χ1n) is 9.07. The average Bonchev–Trinajstić information content (AvgIpc) is 2.65. The Hall–Kier alpha value is -2.82. The molecule has 0 heterocycles. The molecular weight excluding hydrogens is 342 g/mol. The Morgan fingerprint density at radius 2 is 1.56 bits per heavy atom. The van der Waals surface area contributed by atoms with Gasteiger partial charge in [0, 0.05) is 5.69 Å². The fraction of sp³-hybridized carbons (Fsp3) is 0.364. The zero-order valence-corrected chi connectivity index (χ0v) is 16.5. The van der Waals surface area contributed by atoms with Crippen LogP contribution in [0.25, 0.3) is 0 Å². The van der Waals surface area contributed by atoms with Gasteiger partial charge in [-0.1, -0.05) is 52.0 Å². The topological polar surface area (TPSA) is 64.6 Å². The maximum Gasteiger partial charge on any atom is 0.338 e. The minimum absolute atomic E-state index is 0.262. The number of esters is 1. The lowest BCUT2D eigenvalue weighted by Gasteiger charge is -2.20. The monoisotopic (exact) mass is 369 g/mol. The maximum absolute atomic E-state index is 12.4. The summed E-state index contributed by atoms with van der Waals surface area (Å²) in [7, 11) is 1.52. The third-order valence-electron chi connectivity index (χ3n) is 4.28. The van der Waals surface area contributed by atoms with E-state index in [1.807, 2.05) is 18.2 Å². The van der Waals surface area contributed by atoms with Crippen LogP contribution in [0, 0.1) is 0 Å². The lowest BCUT2D eigenvalue weighted by Crippen LogP contribution is -2.22. The van der Waals surface area contributed by atoms with Crippen LogP contribution < -0.4 is 10.1 Å². The minimum atomic E-state index is -0.565. The molecule has 144 valence electrons. The molecule has 0 bridgehead atoms. The second kappa shape index (κ2) is 9.21. The highest BCUT2D eigenvalue weighted by atomic mass is 16.5. The molecule has 0 aliphatic rings. The van der Waals surface area contributed by atoms with Gasteiger partial charge in [0.2, 0.25) is 0 Å². The molecule has 0 radical (unpaired) electrons. The lowest BCUT2D eigenvalue weighted by molar-refractivity contribution is -0.119. The van der Waals surface area contributed by atoms with E-state index < -0.39 is 5.97 Å². The molecule has 5 heteroatoms. The zero-order valence-electron chi connectivity index (χ0n) is 16.5. The number of amides is 1. The van der Waals surface area contributed by atoms with Crippen molar-refractivity contribution in [1.82, 2.24) is 0 Å². The first kappa shape index (κ1) is 20.5. The summed E-state index contributed by atoms with van der Waals surface area (Å²) in [5, 5.41) is 2.93. The van der Waals surface area contributed by atoms with Crippen LogP contribution in [0.1, 0.15) is 61.0 Å². The molecule has 0 unspecified atom stereocenters. The molecule has 1 N–H and O–H groups in total. The van der Waals surface area contributed by atoms with Crippen molar-refractivity contribution in [3.63, 3.8) is 0 Å². The quantitative estimate of drug-likeness (QED) is 0.716. The van der Waals surface area contributed by atoms with Crippen LogP contribution >= 0.6 is 0 Å². The van der Waals surface area contributed by atoms with Crippen molar-refractivity contribution in [2.75, 3.05) is 19.0 Å². The van der Waals surface area contributed by atoms with Crippen LogP contribution in [0.15, 0.2) is 42.5 Å². The Labute approximate surface area is 160 Å². The van der Waals surface area contributed by atoms with E-state index in [4.69, 9.17) is 9.47 Å². The molecule has 0 aromatic heterocycles. The second-order valence-corrected chi connectivity index (χ2v) is 6.98. The third-order valence-corrected chi connectivity index (χ3v) is 4.28. The van der Waals surface area contributed by atoms with Crippen LogP contribution in [0.5, 0.6) is 5.75 Å². The average molecular weight is 369 g/mol. The fourth-order valence-corrected chi connectivity index (χ4v) is 2.84. The van der Waals surface area contributed by atoms with Crippen molar-refractivity contribution in [3.05, 3.63) is 59.2 Å². The van der Waals surface area contributed by atoms with E-state index in [0.717, 1.165) is 16.8 Å². The molecule has 0 saturated carbocycles. The largest absolute Gasteiger partial charge is 0.497 e. The molecule has 0 fully saturated rings. The summed E-state index contributed by atoms with van der Waals surface area (Å²) in [6, 6.07) is 12.6. The number of hydrogen-bond acceptors (Lipinski definition) is 4. The minimum Gasteiger partial charge on any atom is -0.497 e. The number of carbonyl (C=O) groups is 2. The van der Waals surface area contributed by atoms with Crippen LogP contribution in [0.2, 0.25) is 0 Å². The first-order chi connectivity index (χ1) is 12.8. The molecule has 5 nitrogen and oxygen atoms in total. The van der Waals surface area contributed by atoms with Crippen LogP contribution in [-0.2, 0) is 9.53 Å².